The number of thioether (sulfide) groups is 1. The van der Waals surface area contributed by atoms with Crippen LogP contribution in [0.3, 0.4) is 0 Å². The van der Waals surface area contributed by atoms with Gasteiger partial charge in [0.15, 0.2) is 5.17 Å². The molecular weight excluding hydrogens is 306 g/mol. The molecule has 2 heterocycles. The van der Waals surface area contributed by atoms with Gasteiger partial charge in [0, 0.05) is 30.4 Å². The Bertz CT molecular complexity index is 670. The second-order valence-electron chi connectivity index (χ2n) is 6.30. The summed E-state index contributed by atoms with van der Waals surface area (Å²) in [5, 5.41) is 4.32. The molecule has 0 spiro atoms. The lowest BCUT2D eigenvalue weighted by Crippen LogP contribution is -2.35. The van der Waals surface area contributed by atoms with E-state index in [4.69, 9.17) is 4.99 Å². The van der Waals surface area contributed by atoms with E-state index in [9.17, 15) is 4.79 Å². The molecule has 0 saturated carbocycles. The number of amides is 1. The van der Waals surface area contributed by atoms with Crippen molar-refractivity contribution in [2.75, 3.05) is 18.8 Å². The first-order valence-corrected chi connectivity index (χ1v) is 9.29. The molecule has 0 radical (unpaired) electrons. The number of carbonyl (C=O) groups is 1. The molecule has 23 heavy (non-hydrogen) atoms. The van der Waals surface area contributed by atoms with Gasteiger partial charge in [-0.2, -0.15) is 0 Å². The lowest BCUT2D eigenvalue weighted by atomic mass is 10.0. The number of hydrogen-bond donors (Lipinski definition) is 1. The van der Waals surface area contributed by atoms with E-state index in [0.717, 1.165) is 49.2 Å². The largest absolute Gasteiger partial charge is 0.349 e. The quantitative estimate of drug-likeness (QED) is 0.868. The number of allylic oxidation sites excluding steroid dienone is 1. The van der Waals surface area contributed by atoms with E-state index in [-0.39, 0.29) is 18.0 Å². The van der Waals surface area contributed by atoms with E-state index in [1.54, 1.807) is 0 Å². The zero-order valence-corrected chi connectivity index (χ0v) is 13.9. The second-order valence-corrected chi connectivity index (χ2v) is 7.36. The Labute approximate surface area is 141 Å². The molecule has 1 amide bonds. The van der Waals surface area contributed by atoms with Gasteiger partial charge in [0.2, 0.25) is 0 Å². The summed E-state index contributed by atoms with van der Waals surface area (Å²) in [6.45, 7) is 2.04. The summed E-state index contributed by atoms with van der Waals surface area (Å²) in [6, 6.07) is 8.40. The summed E-state index contributed by atoms with van der Waals surface area (Å²) in [5.74, 6) is 1.18. The summed E-state index contributed by atoms with van der Waals surface area (Å²) < 4.78 is 0. The Morgan fingerprint density at radius 3 is 3.13 bits per heavy atom. The van der Waals surface area contributed by atoms with Gasteiger partial charge in [0.1, 0.15) is 0 Å². The van der Waals surface area contributed by atoms with E-state index in [0.29, 0.717) is 0 Å². The number of nitrogens with one attached hydrogen (secondary N) is 1. The maximum Gasteiger partial charge on any atom is 0.251 e. The van der Waals surface area contributed by atoms with Crippen LogP contribution in [0.25, 0.3) is 0 Å². The lowest BCUT2D eigenvalue weighted by Gasteiger charge is -2.19. The molecule has 4 rings (SSSR count). The predicted molar refractivity (Wildman–Crippen MR) is 94.9 cm³/mol. The average molecular weight is 327 g/mol. The van der Waals surface area contributed by atoms with Crippen LogP contribution in [0.1, 0.15) is 41.2 Å². The van der Waals surface area contributed by atoms with E-state index in [1.165, 1.54) is 5.17 Å². The highest BCUT2D eigenvalue weighted by atomic mass is 32.2. The molecule has 4 nitrogen and oxygen atoms in total. The summed E-state index contributed by atoms with van der Waals surface area (Å²) in [4.78, 5) is 19.6. The predicted octanol–water partition coefficient (Wildman–Crippen LogP) is 2.98. The Morgan fingerprint density at radius 2 is 2.30 bits per heavy atom. The molecule has 1 aliphatic carbocycles. The van der Waals surface area contributed by atoms with Crippen LogP contribution in [0, 0.1) is 0 Å². The zero-order valence-electron chi connectivity index (χ0n) is 13.1. The van der Waals surface area contributed by atoms with Crippen LogP contribution in [0.5, 0.6) is 0 Å². The molecule has 1 saturated heterocycles. The van der Waals surface area contributed by atoms with Crippen molar-refractivity contribution < 1.29 is 4.79 Å². The minimum absolute atomic E-state index is 0.0349. The first-order valence-electron chi connectivity index (χ1n) is 8.31. The highest BCUT2D eigenvalue weighted by molar-refractivity contribution is 8.14. The Hall–Kier alpha value is -1.75. The Balaban J connectivity index is 1.47. The molecule has 2 atom stereocenters. The summed E-state index contributed by atoms with van der Waals surface area (Å²) >= 11 is 1.84. The Kier molecular flexibility index (Phi) is 4.12. The number of amidine groups is 1. The van der Waals surface area contributed by atoms with E-state index in [1.807, 2.05) is 30.0 Å². The third-order valence-corrected chi connectivity index (χ3v) is 5.67. The van der Waals surface area contributed by atoms with Gasteiger partial charge in [0.05, 0.1) is 6.04 Å². The smallest absolute Gasteiger partial charge is 0.251 e. The van der Waals surface area contributed by atoms with Gasteiger partial charge in [0.25, 0.3) is 5.91 Å². The van der Waals surface area contributed by atoms with Crippen LogP contribution in [0.4, 0.5) is 0 Å². The van der Waals surface area contributed by atoms with Gasteiger partial charge in [-0.1, -0.05) is 36.0 Å². The van der Waals surface area contributed by atoms with Crippen molar-refractivity contribution in [3.63, 3.8) is 0 Å². The fourth-order valence-corrected chi connectivity index (χ4v) is 4.41. The lowest BCUT2D eigenvalue weighted by molar-refractivity contribution is 0.0934. The molecule has 120 valence electrons. The number of aliphatic imine (C=N–C) groups is 1. The van der Waals surface area contributed by atoms with Crippen LogP contribution in [0.2, 0.25) is 0 Å². The molecular formula is C18H21N3OS. The Morgan fingerprint density at radius 1 is 1.35 bits per heavy atom. The maximum atomic E-state index is 12.5. The van der Waals surface area contributed by atoms with Crippen LogP contribution in [-0.4, -0.2) is 40.9 Å². The van der Waals surface area contributed by atoms with E-state index in [2.05, 4.69) is 28.4 Å². The summed E-state index contributed by atoms with van der Waals surface area (Å²) in [6.07, 6.45) is 7.37. The standard InChI is InChI=1S/C18H21N3OS/c22-17(19-15-7-2-1-3-8-15)14-6-4-5-13(11-14)16-12-21-9-10-23-18(21)20-16/h1-2,4-6,11,15-16H,3,7-10,12H2,(H,19,22). The van der Waals surface area contributed by atoms with Crippen molar-refractivity contribution in [3.05, 3.63) is 47.5 Å². The SMILES string of the molecule is O=C(NC1CC=CCC1)c1cccc(C2CN3CCSC3=N2)c1. The van der Waals surface area contributed by atoms with Crippen LogP contribution in [0.15, 0.2) is 41.4 Å². The van der Waals surface area contributed by atoms with Crippen LogP contribution < -0.4 is 5.32 Å². The molecule has 1 aromatic carbocycles. The van der Waals surface area contributed by atoms with Crippen molar-refractivity contribution in [1.29, 1.82) is 0 Å². The molecule has 1 fully saturated rings. The normalized spacial score (nSPS) is 26.1. The van der Waals surface area contributed by atoms with Gasteiger partial charge in [-0.05, 0) is 37.0 Å². The zero-order chi connectivity index (χ0) is 15.6. The number of rotatable bonds is 3. The van der Waals surface area contributed by atoms with Crippen molar-refractivity contribution in [1.82, 2.24) is 10.2 Å². The summed E-state index contributed by atoms with van der Waals surface area (Å²) in [5.41, 5.74) is 1.89. The third kappa shape index (κ3) is 3.15. The van der Waals surface area contributed by atoms with Crippen molar-refractivity contribution in [3.8, 4) is 0 Å². The van der Waals surface area contributed by atoms with E-state index < -0.39 is 0 Å². The number of benzene rings is 1. The number of carbonyl (C=O) groups excluding carboxylic acids is 1. The first-order chi connectivity index (χ1) is 11.3. The van der Waals surface area contributed by atoms with Crippen molar-refractivity contribution in [2.45, 2.75) is 31.3 Å². The molecule has 1 N–H and O–H groups in total. The molecule has 5 heteroatoms. The molecule has 1 aromatic rings. The van der Waals surface area contributed by atoms with Gasteiger partial charge < -0.3 is 10.2 Å². The highest BCUT2D eigenvalue weighted by Crippen LogP contribution is 2.32. The fourth-order valence-electron chi connectivity index (χ4n) is 3.37. The minimum Gasteiger partial charge on any atom is -0.349 e. The van der Waals surface area contributed by atoms with Crippen molar-refractivity contribution in [2.24, 2.45) is 4.99 Å². The maximum absolute atomic E-state index is 12.5. The molecule has 2 unspecified atom stereocenters. The van der Waals surface area contributed by atoms with Crippen LogP contribution >= 0.6 is 11.8 Å². The van der Waals surface area contributed by atoms with Crippen LogP contribution in [-0.2, 0) is 0 Å². The van der Waals surface area contributed by atoms with Gasteiger partial charge >= 0.3 is 0 Å². The molecule has 3 aliphatic rings. The number of fused-ring (bicyclic) bond motifs is 1. The van der Waals surface area contributed by atoms with Gasteiger partial charge in [-0.25, -0.2) is 0 Å². The monoisotopic (exact) mass is 327 g/mol. The molecule has 0 bridgehead atoms. The molecule has 2 aliphatic heterocycles. The summed E-state index contributed by atoms with van der Waals surface area (Å²) in [7, 11) is 0. The number of nitrogens with zero attached hydrogens (tertiary/aromatic N) is 2. The van der Waals surface area contributed by atoms with Gasteiger partial charge in [-0.3, -0.25) is 9.79 Å². The van der Waals surface area contributed by atoms with Gasteiger partial charge in [-0.15, -0.1) is 0 Å². The topological polar surface area (TPSA) is 44.7 Å². The molecule has 0 aromatic heterocycles. The van der Waals surface area contributed by atoms with Crippen molar-refractivity contribution >= 4 is 22.8 Å². The van der Waals surface area contributed by atoms with E-state index >= 15 is 0 Å². The minimum atomic E-state index is 0.0349. The second kappa shape index (κ2) is 6.40. The average Bonchev–Trinajstić information content (AvgIpc) is 3.17. The fraction of sp³-hybridized carbons (Fsp3) is 0.444. The first kappa shape index (κ1) is 14.8. The highest BCUT2D eigenvalue weighted by Gasteiger charge is 2.30. The number of hydrogen-bond acceptors (Lipinski definition) is 4. The third-order valence-electron chi connectivity index (χ3n) is 4.66.